The molecule has 1 aromatic carbocycles. The van der Waals surface area contributed by atoms with Gasteiger partial charge in [-0.05, 0) is 30.0 Å². The Hall–Kier alpha value is -1.88. The number of carbonyl (C=O) groups is 1. The van der Waals surface area contributed by atoms with Crippen LogP contribution in [0.1, 0.15) is 54.7 Å². The summed E-state index contributed by atoms with van der Waals surface area (Å²) in [6.07, 6.45) is 0. The molecule has 1 aromatic heterocycles. The van der Waals surface area contributed by atoms with E-state index in [1.807, 2.05) is 17.5 Å². The van der Waals surface area contributed by atoms with Crippen molar-refractivity contribution in [2.24, 2.45) is 5.92 Å². The van der Waals surface area contributed by atoms with Gasteiger partial charge in [-0.1, -0.05) is 33.8 Å². The molecule has 0 unspecified atom stereocenters. The molecule has 1 N–H and O–H groups in total. The molecule has 4 nitrogen and oxygen atoms in total. The van der Waals surface area contributed by atoms with Crippen LogP contribution in [0, 0.1) is 5.92 Å². The van der Waals surface area contributed by atoms with Gasteiger partial charge < -0.3 is 10.1 Å². The van der Waals surface area contributed by atoms with Crippen LogP contribution in [0.4, 0.5) is 0 Å². The molecule has 0 atom stereocenters. The van der Waals surface area contributed by atoms with Gasteiger partial charge in [-0.25, -0.2) is 4.98 Å². The van der Waals surface area contributed by atoms with Gasteiger partial charge in [-0.3, -0.25) is 4.79 Å². The number of nitrogens with one attached hydrogen (secondary N) is 1. The van der Waals surface area contributed by atoms with Crippen molar-refractivity contribution in [2.45, 2.75) is 40.2 Å². The van der Waals surface area contributed by atoms with Gasteiger partial charge in [0.25, 0.3) is 5.91 Å². The van der Waals surface area contributed by atoms with E-state index >= 15 is 0 Å². The lowest BCUT2D eigenvalue weighted by Gasteiger charge is -2.10. The number of ether oxygens (including phenoxy) is 1. The highest BCUT2D eigenvalue weighted by Crippen LogP contribution is 2.18. The lowest BCUT2D eigenvalue weighted by atomic mass is 10.2. The van der Waals surface area contributed by atoms with E-state index in [-0.39, 0.29) is 5.91 Å². The lowest BCUT2D eigenvalue weighted by molar-refractivity contribution is 0.0950. The molecule has 2 aromatic rings. The molecule has 2 rings (SSSR count). The van der Waals surface area contributed by atoms with Gasteiger partial charge >= 0.3 is 0 Å². The Labute approximate surface area is 141 Å². The first-order valence-corrected chi connectivity index (χ1v) is 8.79. The van der Waals surface area contributed by atoms with Crippen LogP contribution in [0.3, 0.4) is 0 Å². The number of hydrogen-bond acceptors (Lipinski definition) is 4. The minimum atomic E-state index is -0.110. The highest BCUT2D eigenvalue weighted by molar-refractivity contribution is 7.09. The molecule has 0 aliphatic carbocycles. The normalized spacial score (nSPS) is 11.0. The fourth-order valence-corrected chi connectivity index (χ4v) is 2.81. The fraction of sp³-hybridized carbons (Fsp3) is 0.444. The van der Waals surface area contributed by atoms with E-state index in [9.17, 15) is 4.79 Å². The predicted octanol–water partition coefficient (Wildman–Crippen LogP) is 4.23. The third kappa shape index (κ3) is 5.36. The quantitative estimate of drug-likeness (QED) is 0.825. The second-order valence-electron chi connectivity index (χ2n) is 6.24. The van der Waals surface area contributed by atoms with Gasteiger partial charge in [-0.15, -0.1) is 11.3 Å². The van der Waals surface area contributed by atoms with Crippen LogP contribution >= 0.6 is 11.3 Å². The van der Waals surface area contributed by atoms with E-state index in [4.69, 9.17) is 4.74 Å². The first-order chi connectivity index (χ1) is 11.0. The molecule has 1 amide bonds. The second-order valence-corrected chi connectivity index (χ2v) is 7.18. The maximum Gasteiger partial charge on any atom is 0.251 e. The monoisotopic (exact) mass is 332 g/mol. The van der Waals surface area contributed by atoms with Gasteiger partial charge in [0.15, 0.2) is 0 Å². The lowest BCUT2D eigenvalue weighted by Crippen LogP contribution is -2.22. The Morgan fingerprint density at radius 2 is 2.09 bits per heavy atom. The summed E-state index contributed by atoms with van der Waals surface area (Å²) in [5.41, 5.74) is 1.68. The summed E-state index contributed by atoms with van der Waals surface area (Å²) >= 11 is 1.58. The van der Waals surface area contributed by atoms with Gasteiger partial charge in [0.2, 0.25) is 0 Å². The molecule has 0 spiro atoms. The number of carbonyl (C=O) groups excluding carboxylic acids is 1. The Morgan fingerprint density at radius 3 is 2.74 bits per heavy atom. The molecule has 124 valence electrons. The number of thiazole rings is 1. The summed E-state index contributed by atoms with van der Waals surface area (Å²) in [7, 11) is 0. The molecule has 0 radical (unpaired) electrons. The Balaban J connectivity index is 1.93. The van der Waals surface area contributed by atoms with Crippen LogP contribution < -0.4 is 10.1 Å². The average molecular weight is 332 g/mol. The summed E-state index contributed by atoms with van der Waals surface area (Å²) in [6, 6.07) is 7.28. The average Bonchev–Trinajstić information content (AvgIpc) is 3.00. The molecule has 0 saturated heterocycles. The van der Waals surface area contributed by atoms with Crippen LogP contribution in [0.5, 0.6) is 5.75 Å². The molecular weight excluding hydrogens is 308 g/mol. The Bertz CT molecular complexity index is 650. The number of aromatic nitrogens is 1. The topological polar surface area (TPSA) is 51.2 Å². The van der Waals surface area contributed by atoms with Crippen molar-refractivity contribution < 1.29 is 9.53 Å². The number of nitrogens with zero attached hydrogens (tertiary/aromatic N) is 1. The number of benzene rings is 1. The molecule has 0 saturated carbocycles. The summed E-state index contributed by atoms with van der Waals surface area (Å²) in [4.78, 5) is 16.8. The number of rotatable bonds is 7. The minimum Gasteiger partial charge on any atom is -0.493 e. The summed E-state index contributed by atoms with van der Waals surface area (Å²) in [6.45, 7) is 9.50. The zero-order valence-corrected chi connectivity index (χ0v) is 14.9. The summed E-state index contributed by atoms with van der Waals surface area (Å²) < 4.78 is 5.66. The molecule has 5 heteroatoms. The van der Waals surface area contributed by atoms with Gasteiger partial charge in [0.1, 0.15) is 10.8 Å². The first kappa shape index (κ1) is 17.5. The van der Waals surface area contributed by atoms with Crippen LogP contribution in [-0.4, -0.2) is 17.5 Å². The van der Waals surface area contributed by atoms with Crippen molar-refractivity contribution >= 4 is 17.2 Å². The van der Waals surface area contributed by atoms with Crippen molar-refractivity contribution in [3.05, 3.63) is 45.9 Å². The molecule has 1 heterocycles. The molecule has 0 aliphatic heterocycles. The standard InChI is InChI=1S/C18H24N2O2S/c1-12(2)10-22-15-7-5-6-14(8-15)18(21)19-9-17-20-16(11-23-17)13(3)4/h5-8,11-13H,9-10H2,1-4H3,(H,19,21). The third-order valence-electron chi connectivity index (χ3n) is 3.24. The van der Waals surface area contributed by atoms with E-state index < -0.39 is 0 Å². The molecule has 0 fully saturated rings. The number of hydrogen-bond donors (Lipinski definition) is 1. The molecular formula is C18H24N2O2S. The molecule has 23 heavy (non-hydrogen) atoms. The van der Waals surface area contributed by atoms with E-state index in [2.05, 4.69) is 38.0 Å². The van der Waals surface area contributed by atoms with Gasteiger partial charge in [0.05, 0.1) is 18.8 Å². The van der Waals surface area contributed by atoms with Crippen LogP contribution in [0.25, 0.3) is 0 Å². The van der Waals surface area contributed by atoms with Crippen LogP contribution in [0.15, 0.2) is 29.6 Å². The maximum absolute atomic E-state index is 12.3. The molecule has 0 bridgehead atoms. The minimum absolute atomic E-state index is 0.110. The zero-order chi connectivity index (χ0) is 16.8. The Morgan fingerprint density at radius 1 is 1.30 bits per heavy atom. The van der Waals surface area contributed by atoms with Crippen LogP contribution in [0.2, 0.25) is 0 Å². The van der Waals surface area contributed by atoms with E-state index in [0.29, 0.717) is 30.6 Å². The fourth-order valence-electron chi connectivity index (χ4n) is 1.92. The van der Waals surface area contributed by atoms with E-state index in [1.165, 1.54) is 0 Å². The zero-order valence-electron chi connectivity index (χ0n) is 14.1. The first-order valence-electron chi connectivity index (χ1n) is 7.91. The van der Waals surface area contributed by atoms with Crippen molar-refractivity contribution in [2.75, 3.05) is 6.61 Å². The Kier molecular flexibility index (Phi) is 6.16. The maximum atomic E-state index is 12.3. The van der Waals surface area contributed by atoms with Crippen molar-refractivity contribution in [3.63, 3.8) is 0 Å². The predicted molar refractivity (Wildman–Crippen MR) is 94.1 cm³/mol. The molecule has 0 aliphatic rings. The van der Waals surface area contributed by atoms with Gasteiger partial charge in [0, 0.05) is 10.9 Å². The van der Waals surface area contributed by atoms with E-state index in [0.717, 1.165) is 16.5 Å². The largest absolute Gasteiger partial charge is 0.493 e. The summed E-state index contributed by atoms with van der Waals surface area (Å²) in [5.74, 6) is 1.47. The smallest absolute Gasteiger partial charge is 0.251 e. The SMILES string of the molecule is CC(C)COc1cccc(C(=O)NCc2nc(C(C)C)cs2)c1. The second kappa shape index (κ2) is 8.11. The van der Waals surface area contributed by atoms with E-state index in [1.54, 1.807) is 23.5 Å². The van der Waals surface area contributed by atoms with Crippen molar-refractivity contribution in [1.29, 1.82) is 0 Å². The van der Waals surface area contributed by atoms with Gasteiger partial charge in [-0.2, -0.15) is 0 Å². The van der Waals surface area contributed by atoms with Crippen LogP contribution in [-0.2, 0) is 6.54 Å². The van der Waals surface area contributed by atoms with Crippen molar-refractivity contribution in [3.8, 4) is 5.75 Å². The highest BCUT2D eigenvalue weighted by atomic mass is 32.1. The highest BCUT2D eigenvalue weighted by Gasteiger charge is 2.10. The summed E-state index contributed by atoms with van der Waals surface area (Å²) in [5, 5.41) is 5.89. The van der Waals surface area contributed by atoms with Crippen molar-refractivity contribution in [1.82, 2.24) is 10.3 Å². The number of amides is 1. The third-order valence-corrected chi connectivity index (χ3v) is 4.11.